The highest BCUT2D eigenvalue weighted by Gasteiger charge is 2.22. The van der Waals surface area contributed by atoms with E-state index < -0.39 is 0 Å². The lowest BCUT2D eigenvalue weighted by Gasteiger charge is -2.41. The topological polar surface area (TPSA) is 15.7 Å². The third-order valence-corrected chi connectivity index (χ3v) is 3.56. The Labute approximate surface area is 104 Å². The third kappa shape index (κ3) is 2.72. The molecule has 0 amide bonds. The van der Waals surface area contributed by atoms with Crippen molar-refractivity contribution < 1.29 is 4.74 Å². The maximum absolute atomic E-state index is 5.19. The first-order valence-electron chi connectivity index (χ1n) is 6.37. The Bertz CT molecular complexity index is 350. The molecule has 1 aliphatic rings. The van der Waals surface area contributed by atoms with Crippen LogP contribution in [-0.4, -0.2) is 44.2 Å². The monoisotopic (exact) mass is 234 g/mol. The van der Waals surface area contributed by atoms with Gasteiger partial charge in [0.2, 0.25) is 0 Å². The summed E-state index contributed by atoms with van der Waals surface area (Å²) >= 11 is 0. The van der Waals surface area contributed by atoms with Gasteiger partial charge in [0, 0.05) is 31.4 Å². The number of benzene rings is 1. The van der Waals surface area contributed by atoms with Crippen LogP contribution in [0.5, 0.6) is 5.75 Å². The smallest absolute Gasteiger partial charge is 0.119 e. The summed E-state index contributed by atoms with van der Waals surface area (Å²) in [6.07, 6.45) is 0. The van der Waals surface area contributed by atoms with Crippen LogP contribution in [0.2, 0.25) is 0 Å². The van der Waals surface area contributed by atoms with E-state index in [-0.39, 0.29) is 0 Å². The predicted octanol–water partition coefficient (Wildman–Crippen LogP) is 2.23. The van der Waals surface area contributed by atoms with E-state index >= 15 is 0 Å². The van der Waals surface area contributed by atoms with Gasteiger partial charge in [-0.15, -0.1) is 0 Å². The quantitative estimate of drug-likeness (QED) is 0.797. The minimum atomic E-state index is 0.581. The SMILES string of the molecule is CCN1CCN(c2ccc(OC)cc2)C(C)C1. The summed E-state index contributed by atoms with van der Waals surface area (Å²) in [7, 11) is 1.71. The van der Waals surface area contributed by atoms with E-state index in [2.05, 4.69) is 35.8 Å². The van der Waals surface area contributed by atoms with Crippen LogP contribution >= 0.6 is 0 Å². The van der Waals surface area contributed by atoms with Crippen molar-refractivity contribution >= 4 is 5.69 Å². The minimum Gasteiger partial charge on any atom is -0.497 e. The van der Waals surface area contributed by atoms with Crippen LogP contribution in [-0.2, 0) is 0 Å². The van der Waals surface area contributed by atoms with Gasteiger partial charge in [0.05, 0.1) is 7.11 Å². The zero-order chi connectivity index (χ0) is 12.3. The van der Waals surface area contributed by atoms with E-state index in [1.807, 2.05) is 12.1 Å². The van der Waals surface area contributed by atoms with Gasteiger partial charge in [-0.2, -0.15) is 0 Å². The molecule has 0 saturated carbocycles. The molecule has 0 N–H and O–H groups in total. The number of rotatable bonds is 3. The van der Waals surface area contributed by atoms with Gasteiger partial charge in [-0.3, -0.25) is 4.90 Å². The molecule has 3 heteroatoms. The molecular weight excluding hydrogens is 212 g/mol. The molecule has 94 valence electrons. The summed E-state index contributed by atoms with van der Waals surface area (Å²) < 4.78 is 5.19. The Kier molecular flexibility index (Phi) is 3.89. The van der Waals surface area contributed by atoms with Crippen molar-refractivity contribution in [3.05, 3.63) is 24.3 Å². The Hall–Kier alpha value is -1.22. The average molecular weight is 234 g/mol. The van der Waals surface area contributed by atoms with Crippen LogP contribution in [0.15, 0.2) is 24.3 Å². The molecule has 0 spiro atoms. The number of likely N-dealkylation sites (N-methyl/N-ethyl adjacent to an activating group) is 1. The second-order valence-electron chi connectivity index (χ2n) is 4.63. The molecule has 1 saturated heterocycles. The van der Waals surface area contributed by atoms with Crippen LogP contribution in [0.3, 0.4) is 0 Å². The number of hydrogen-bond donors (Lipinski definition) is 0. The highest BCUT2D eigenvalue weighted by molar-refractivity contribution is 5.50. The number of anilines is 1. The number of nitrogens with zero attached hydrogens (tertiary/aromatic N) is 2. The fourth-order valence-corrected chi connectivity index (χ4v) is 2.48. The van der Waals surface area contributed by atoms with Gasteiger partial charge in [-0.25, -0.2) is 0 Å². The number of piperazine rings is 1. The summed E-state index contributed by atoms with van der Waals surface area (Å²) in [5.41, 5.74) is 1.30. The van der Waals surface area contributed by atoms with E-state index in [0.717, 1.165) is 31.9 Å². The summed E-state index contributed by atoms with van der Waals surface area (Å²) in [6.45, 7) is 9.11. The maximum Gasteiger partial charge on any atom is 0.119 e. The Balaban J connectivity index is 2.06. The molecular formula is C14H22N2O. The van der Waals surface area contributed by atoms with Crippen LogP contribution < -0.4 is 9.64 Å². The first kappa shape index (κ1) is 12.2. The molecule has 1 unspecified atom stereocenters. The van der Waals surface area contributed by atoms with E-state index in [9.17, 15) is 0 Å². The fraction of sp³-hybridized carbons (Fsp3) is 0.571. The third-order valence-electron chi connectivity index (χ3n) is 3.56. The summed E-state index contributed by atoms with van der Waals surface area (Å²) in [5, 5.41) is 0. The maximum atomic E-state index is 5.19. The molecule has 1 atom stereocenters. The van der Waals surface area contributed by atoms with E-state index in [1.54, 1.807) is 7.11 Å². The van der Waals surface area contributed by atoms with E-state index in [0.29, 0.717) is 6.04 Å². The average Bonchev–Trinajstić information content (AvgIpc) is 2.39. The zero-order valence-corrected chi connectivity index (χ0v) is 11.0. The summed E-state index contributed by atoms with van der Waals surface area (Å²) in [4.78, 5) is 4.98. The lowest BCUT2D eigenvalue weighted by atomic mass is 10.1. The van der Waals surface area contributed by atoms with Gasteiger partial charge in [-0.05, 0) is 37.7 Å². The molecule has 1 aliphatic heterocycles. The van der Waals surface area contributed by atoms with Crippen molar-refractivity contribution in [1.29, 1.82) is 0 Å². The van der Waals surface area contributed by atoms with Crippen molar-refractivity contribution in [3.8, 4) is 5.75 Å². The first-order chi connectivity index (χ1) is 8.24. The Morgan fingerprint density at radius 1 is 1.24 bits per heavy atom. The summed E-state index contributed by atoms with van der Waals surface area (Å²) in [5.74, 6) is 0.925. The molecule has 1 heterocycles. The first-order valence-corrected chi connectivity index (χ1v) is 6.37. The highest BCUT2D eigenvalue weighted by Crippen LogP contribution is 2.23. The second-order valence-corrected chi connectivity index (χ2v) is 4.63. The van der Waals surface area contributed by atoms with Crippen LogP contribution in [0.4, 0.5) is 5.69 Å². The van der Waals surface area contributed by atoms with Crippen LogP contribution in [0.25, 0.3) is 0 Å². The largest absolute Gasteiger partial charge is 0.497 e. The van der Waals surface area contributed by atoms with Gasteiger partial charge in [0.25, 0.3) is 0 Å². The highest BCUT2D eigenvalue weighted by atomic mass is 16.5. The van der Waals surface area contributed by atoms with Gasteiger partial charge < -0.3 is 9.64 Å². The van der Waals surface area contributed by atoms with Gasteiger partial charge in [0.15, 0.2) is 0 Å². The number of hydrogen-bond acceptors (Lipinski definition) is 3. The lowest BCUT2D eigenvalue weighted by Crippen LogP contribution is -2.51. The predicted molar refractivity (Wildman–Crippen MR) is 71.9 cm³/mol. The van der Waals surface area contributed by atoms with Crippen molar-refractivity contribution in [3.63, 3.8) is 0 Å². The van der Waals surface area contributed by atoms with Gasteiger partial charge in [0.1, 0.15) is 5.75 Å². The standard InChI is InChI=1S/C14H22N2O/c1-4-15-9-10-16(12(2)11-15)13-5-7-14(17-3)8-6-13/h5-8,12H,4,9-11H2,1-3H3. The van der Waals surface area contributed by atoms with Crippen molar-refractivity contribution in [1.82, 2.24) is 4.90 Å². The number of methoxy groups -OCH3 is 1. The van der Waals surface area contributed by atoms with E-state index in [4.69, 9.17) is 4.74 Å². The molecule has 0 aliphatic carbocycles. The lowest BCUT2D eigenvalue weighted by molar-refractivity contribution is 0.240. The number of ether oxygens (including phenoxy) is 1. The molecule has 0 bridgehead atoms. The Morgan fingerprint density at radius 2 is 1.94 bits per heavy atom. The molecule has 2 rings (SSSR count). The van der Waals surface area contributed by atoms with E-state index in [1.165, 1.54) is 5.69 Å². The summed E-state index contributed by atoms with van der Waals surface area (Å²) in [6, 6.07) is 8.95. The minimum absolute atomic E-state index is 0.581. The molecule has 3 nitrogen and oxygen atoms in total. The molecule has 1 fully saturated rings. The van der Waals surface area contributed by atoms with Crippen LogP contribution in [0.1, 0.15) is 13.8 Å². The van der Waals surface area contributed by atoms with Crippen molar-refractivity contribution in [2.75, 3.05) is 38.2 Å². The molecule has 1 aromatic rings. The molecule has 0 radical (unpaired) electrons. The van der Waals surface area contributed by atoms with Crippen LogP contribution in [0, 0.1) is 0 Å². The second kappa shape index (κ2) is 5.41. The Morgan fingerprint density at radius 3 is 2.47 bits per heavy atom. The zero-order valence-electron chi connectivity index (χ0n) is 11.0. The van der Waals surface area contributed by atoms with Crippen molar-refractivity contribution in [2.24, 2.45) is 0 Å². The molecule has 1 aromatic carbocycles. The molecule has 17 heavy (non-hydrogen) atoms. The fourth-order valence-electron chi connectivity index (χ4n) is 2.48. The van der Waals surface area contributed by atoms with Crippen molar-refractivity contribution in [2.45, 2.75) is 19.9 Å². The van der Waals surface area contributed by atoms with Gasteiger partial charge in [-0.1, -0.05) is 6.92 Å². The normalized spacial score (nSPS) is 21.6. The molecule has 0 aromatic heterocycles. The van der Waals surface area contributed by atoms with Gasteiger partial charge >= 0.3 is 0 Å².